The molecule has 0 bridgehead atoms. The third-order valence-electron chi connectivity index (χ3n) is 15.0. The van der Waals surface area contributed by atoms with Gasteiger partial charge in [-0.25, -0.2) is 0 Å². The summed E-state index contributed by atoms with van der Waals surface area (Å²) in [7, 11) is 0. The molecule has 0 N–H and O–H groups in total. The Bertz CT molecular complexity index is 1700. The Morgan fingerprint density at radius 2 is 0.470 bits per heavy atom. The van der Waals surface area contributed by atoms with Crippen LogP contribution in [0.15, 0.2) is 122 Å². The molecule has 0 aliphatic rings. The van der Waals surface area contributed by atoms with Gasteiger partial charge >= 0.3 is 17.9 Å². The normalized spacial score (nSPS) is 12.9. The predicted octanol–water partition coefficient (Wildman–Crippen LogP) is 24.3. The monoisotopic (exact) mass is 1150 g/mol. The van der Waals surface area contributed by atoms with Crippen LogP contribution in [-0.4, -0.2) is 37.2 Å². The van der Waals surface area contributed by atoms with Gasteiger partial charge in [0.2, 0.25) is 0 Å². The summed E-state index contributed by atoms with van der Waals surface area (Å²) in [5, 5.41) is 0. The van der Waals surface area contributed by atoms with Crippen molar-refractivity contribution in [1.29, 1.82) is 0 Å². The summed E-state index contributed by atoms with van der Waals surface area (Å²) in [4.78, 5) is 38.3. The smallest absolute Gasteiger partial charge is 0.306 e. The van der Waals surface area contributed by atoms with E-state index >= 15 is 0 Å². The van der Waals surface area contributed by atoms with Gasteiger partial charge in [0.1, 0.15) is 13.2 Å². The van der Waals surface area contributed by atoms with Crippen molar-refractivity contribution in [3.63, 3.8) is 0 Å². The highest BCUT2D eigenvalue weighted by atomic mass is 16.6. The lowest BCUT2D eigenvalue weighted by molar-refractivity contribution is -0.167. The molecular formula is C77H130O6. The second kappa shape index (κ2) is 70.3. The molecule has 0 heterocycles. The summed E-state index contributed by atoms with van der Waals surface area (Å²) in [6, 6.07) is 0. The molecule has 0 aromatic heterocycles. The van der Waals surface area contributed by atoms with E-state index in [0.29, 0.717) is 19.3 Å². The van der Waals surface area contributed by atoms with Crippen molar-refractivity contribution in [3.05, 3.63) is 122 Å². The van der Waals surface area contributed by atoms with Crippen molar-refractivity contribution < 1.29 is 28.6 Å². The Hall–Kier alpha value is -4.19. The average molecular weight is 1150 g/mol. The first-order valence-electron chi connectivity index (χ1n) is 35.0. The van der Waals surface area contributed by atoms with Crippen molar-refractivity contribution in [2.24, 2.45) is 0 Å². The van der Waals surface area contributed by atoms with E-state index in [1.807, 2.05) is 0 Å². The lowest BCUT2D eigenvalue weighted by atomic mass is 10.0. The van der Waals surface area contributed by atoms with E-state index in [1.54, 1.807) is 0 Å². The number of carbonyl (C=O) groups is 3. The van der Waals surface area contributed by atoms with E-state index in [4.69, 9.17) is 14.2 Å². The van der Waals surface area contributed by atoms with Crippen LogP contribution < -0.4 is 0 Å². The zero-order valence-electron chi connectivity index (χ0n) is 54.4. The Kier molecular flexibility index (Phi) is 66.7. The highest BCUT2D eigenvalue weighted by Gasteiger charge is 2.19. The first kappa shape index (κ1) is 78.8. The van der Waals surface area contributed by atoms with Crippen LogP contribution in [0.3, 0.4) is 0 Å². The Balaban J connectivity index is 4.19. The van der Waals surface area contributed by atoms with E-state index in [1.165, 1.54) is 167 Å². The molecule has 0 aliphatic carbocycles. The molecule has 0 aromatic carbocycles. The molecule has 0 aromatic rings. The van der Waals surface area contributed by atoms with Crippen LogP contribution in [0, 0.1) is 0 Å². The van der Waals surface area contributed by atoms with Crippen LogP contribution in [0.4, 0.5) is 0 Å². The van der Waals surface area contributed by atoms with Crippen molar-refractivity contribution in [2.45, 2.75) is 335 Å². The molecule has 0 radical (unpaired) electrons. The van der Waals surface area contributed by atoms with Gasteiger partial charge in [-0.05, 0) is 109 Å². The SMILES string of the molecule is CC/C=C\C/C=C\C/C=C\C/C=C\C/C=C\C/C=C\CCCCCCCCCCCCCCCCCCC(=O)OCC(COC(=O)CCCCCCCCCCCCCCCCC)OC(=O)CCCC/C=C\C/C=C\C/C=C\C/C=C\CC. The summed E-state index contributed by atoms with van der Waals surface area (Å²) in [5.74, 6) is -0.921. The van der Waals surface area contributed by atoms with Gasteiger partial charge in [-0.15, -0.1) is 0 Å². The van der Waals surface area contributed by atoms with Crippen LogP contribution in [0.25, 0.3) is 0 Å². The van der Waals surface area contributed by atoms with Gasteiger partial charge < -0.3 is 14.2 Å². The van der Waals surface area contributed by atoms with Gasteiger partial charge in [-0.2, -0.15) is 0 Å². The minimum Gasteiger partial charge on any atom is -0.462 e. The van der Waals surface area contributed by atoms with E-state index in [-0.39, 0.29) is 37.5 Å². The number of esters is 3. The number of unbranched alkanes of at least 4 members (excludes halogenated alkanes) is 32. The van der Waals surface area contributed by atoms with Crippen LogP contribution in [0.2, 0.25) is 0 Å². The maximum atomic E-state index is 12.9. The van der Waals surface area contributed by atoms with E-state index in [9.17, 15) is 14.4 Å². The molecule has 0 spiro atoms. The lowest BCUT2D eigenvalue weighted by Gasteiger charge is -2.18. The molecule has 6 nitrogen and oxygen atoms in total. The molecule has 6 heteroatoms. The highest BCUT2D eigenvalue weighted by Crippen LogP contribution is 2.17. The molecule has 474 valence electrons. The van der Waals surface area contributed by atoms with Crippen molar-refractivity contribution in [2.75, 3.05) is 13.2 Å². The second-order valence-corrected chi connectivity index (χ2v) is 23.0. The zero-order valence-corrected chi connectivity index (χ0v) is 54.4. The molecule has 1 atom stereocenters. The number of rotatable bonds is 63. The van der Waals surface area contributed by atoms with E-state index < -0.39 is 6.10 Å². The van der Waals surface area contributed by atoms with Gasteiger partial charge in [0.25, 0.3) is 0 Å². The van der Waals surface area contributed by atoms with Crippen molar-refractivity contribution in [3.8, 4) is 0 Å². The lowest BCUT2D eigenvalue weighted by Crippen LogP contribution is -2.30. The van der Waals surface area contributed by atoms with Gasteiger partial charge in [0.05, 0.1) is 0 Å². The number of allylic oxidation sites excluding steroid dienone is 20. The van der Waals surface area contributed by atoms with Gasteiger partial charge in [-0.3, -0.25) is 14.4 Å². The number of hydrogen-bond donors (Lipinski definition) is 0. The molecule has 0 saturated carbocycles. The highest BCUT2D eigenvalue weighted by molar-refractivity contribution is 5.71. The van der Waals surface area contributed by atoms with Crippen molar-refractivity contribution in [1.82, 2.24) is 0 Å². The van der Waals surface area contributed by atoms with Crippen LogP contribution in [-0.2, 0) is 28.6 Å². The van der Waals surface area contributed by atoms with Gasteiger partial charge in [0.15, 0.2) is 6.10 Å². The molecular weight excluding hydrogens is 1020 g/mol. The third kappa shape index (κ3) is 68.5. The Morgan fingerprint density at radius 1 is 0.253 bits per heavy atom. The third-order valence-corrected chi connectivity index (χ3v) is 15.0. The van der Waals surface area contributed by atoms with E-state index in [0.717, 1.165) is 116 Å². The zero-order chi connectivity index (χ0) is 59.9. The maximum absolute atomic E-state index is 12.9. The van der Waals surface area contributed by atoms with Crippen LogP contribution in [0.5, 0.6) is 0 Å². The Labute approximate surface area is 513 Å². The minimum absolute atomic E-state index is 0.0914. The fraction of sp³-hybridized carbons (Fsp3) is 0.701. The number of ether oxygens (including phenoxy) is 3. The number of carbonyl (C=O) groups excluding carboxylic acids is 3. The first-order chi connectivity index (χ1) is 41.0. The summed E-state index contributed by atoms with van der Waals surface area (Å²) in [6.07, 6.45) is 98.1. The fourth-order valence-electron chi connectivity index (χ4n) is 9.79. The summed E-state index contributed by atoms with van der Waals surface area (Å²) in [6.45, 7) is 6.41. The van der Waals surface area contributed by atoms with Gasteiger partial charge in [0, 0.05) is 19.3 Å². The molecule has 0 saturated heterocycles. The topological polar surface area (TPSA) is 78.9 Å². The van der Waals surface area contributed by atoms with Crippen LogP contribution in [0.1, 0.15) is 329 Å². The molecule has 0 amide bonds. The van der Waals surface area contributed by atoms with Crippen molar-refractivity contribution >= 4 is 17.9 Å². The molecule has 83 heavy (non-hydrogen) atoms. The summed E-state index contributed by atoms with van der Waals surface area (Å²) < 4.78 is 16.9. The maximum Gasteiger partial charge on any atom is 0.306 e. The molecule has 1 unspecified atom stereocenters. The Morgan fingerprint density at radius 3 is 0.759 bits per heavy atom. The number of hydrogen-bond acceptors (Lipinski definition) is 6. The van der Waals surface area contributed by atoms with Crippen LogP contribution >= 0.6 is 0 Å². The standard InChI is InChI=1S/C77H130O6/c1-4-7-10-13-16-19-22-25-28-29-30-31-32-33-34-35-36-37-38-39-40-41-42-43-44-45-46-47-50-52-55-58-61-64-67-70-76(79)82-73-74(83-77(80)71-68-65-62-59-56-53-49-27-24-21-18-15-12-9-6-3)72-81-75(78)69-66-63-60-57-54-51-48-26-23-20-17-14-11-8-5-2/h7,9-10,12,16,18-19,21,25,27-28,30-31,33-34,36-37,49,56,59,74H,4-6,8,11,13-15,17,20,22-24,26,29,32,35,38-48,50-55,57-58,60-73H2,1-3H3/b10-7-,12-9-,19-16-,21-18-,28-25-,31-30-,34-33-,37-36-,49-27-,59-56-. The summed E-state index contributed by atoms with van der Waals surface area (Å²) in [5.41, 5.74) is 0. The quantitative estimate of drug-likeness (QED) is 0.0261. The average Bonchev–Trinajstić information content (AvgIpc) is 3.49. The van der Waals surface area contributed by atoms with Gasteiger partial charge in [-0.1, -0.05) is 322 Å². The molecule has 0 fully saturated rings. The summed E-state index contributed by atoms with van der Waals surface area (Å²) >= 11 is 0. The second-order valence-electron chi connectivity index (χ2n) is 23.0. The van der Waals surface area contributed by atoms with E-state index in [2.05, 4.69) is 142 Å². The fourth-order valence-corrected chi connectivity index (χ4v) is 9.79. The molecule has 0 rings (SSSR count). The first-order valence-corrected chi connectivity index (χ1v) is 35.0. The molecule has 0 aliphatic heterocycles. The minimum atomic E-state index is -0.800. The predicted molar refractivity (Wildman–Crippen MR) is 362 cm³/mol. The largest absolute Gasteiger partial charge is 0.462 e.